The largest absolute Gasteiger partial charge is 0.342 e. The number of urea groups is 1. The summed E-state index contributed by atoms with van der Waals surface area (Å²) >= 11 is 0. The molecule has 0 aliphatic carbocycles. The first-order valence-electron chi connectivity index (χ1n) is 11.2. The van der Waals surface area contributed by atoms with E-state index < -0.39 is 0 Å². The van der Waals surface area contributed by atoms with Crippen molar-refractivity contribution in [3.05, 3.63) is 30.1 Å². The number of rotatable bonds is 7. The average molecular weight is 428 g/mol. The zero-order valence-electron chi connectivity index (χ0n) is 18.9. The van der Waals surface area contributed by atoms with Crippen LogP contribution in [0.2, 0.25) is 0 Å². The number of carbonyl (C=O) groups is 2. The molecule has 0 spiro atoms. The Kier molecular flexibility index (Phi) is 7.65. The number of nitrogens with one attached hydrogen (secondary N) is 2. The van der Waals surface area contributed by atoms with Crippen LogP contribution < -0.4 is 10.6 Å². The minimum Gasteiger partial charge on any atom is -0.342 e. The van der Waals surface area contributed by atoms with Crippen LogP contribution in [-0.2, 0) is 4.79 Å². The van der Waals surface area contributed by atoms with E-state index in [0.29, 0.717) is 30.5 Å². The van der Waals surface area contributed by atoms with Crippen molar-refractivity contribution in [2.75, 3.05) is 18.4 Å². The molecule has 1 saturated heterocycles. The van der Waals surface area contributed by atoms with Gasteiger partial charge in [0.2, 0.25) is 5.91 Å². The second-order valence-electron chi connectivity index (χ2n) is 8.40. The number of benzene rings is 1. The van der Waals surface area contributed by atoms with Crippen LogP contribution in [0.1, 0.15) is 65.1 Å². The second-order valence-corrected chi connectivity index (χ2v) is 8.40. The fourth-order valence-corrected chi connectivity index (χ4v) is 3.78. The molecule has 8 nitrogen and oxygen atoms in total. The van der Waals surface area contributed by atoms with E-state index in [2.05, 4.69) is 34.6 Å². The summed E-state index contributed by atoms with van der Waals surface area (Å²) in [5.41, 5.74) is 1.49. The monoisotopic (exact) mass is 427 g/mol. The van der Waals surface area contributed by atoms with Gasteiger partial charge in [-0.3, -0.25) is 4.79 Å². The third-order valence-electron chi connectivity index (χ3n) is 5.82. The normalized spacial score (nSPS) is 14.8. The highest BCUT2D eigenvalue weighted by atomic mass is 16.5. The highest BCUT2D eigenvalue weighted by Crippen LogP contribution is 2.22. The molecule has 168 valence electrons. The van der Waals surface area contributed by atoms with Crippen molar-refractivity contribution >= 4 is 17.6 Å². The Hall–Kier alpha value is -2.90. The van der Waals surface area contributed by atoms with Gasteiger partial charge >= 0.3 is 6.03 Å². The van der Waals surface area contributed by atoms with Crippen molar-refractivity contribution in [2.24, 2.45) is 5.92 Å². The first-order chi connectivity index (χ1) is 14.9. The molecule has 0 saturated carbocycles. The molecule has 1 aromatic heterocycles. The van der Waals surface area contributed by atoms with Gasteiger partial charge in [-0.05, 0) is 49.9 Å². The molecular weight excluding hydrogens is 394 g/mol. The predicted molar refractivity (Wildman–Crippen MR) is 120 cm³/mol. The van der Waals surface area contributed by atoms with Gasteiger partial charge in [0.1, 0.15) is 0 Å². The minimum absolute atomic E-state index is 0.0675. The van der Waals surface area contributed by atoms with Crippen LogP contribution >= 0.6 is 0 Å². The molecule has 0 bridgehead atoms. The van der Waals surface area contributed by atoms with Crippen LogP contribution in [0.15, 0.2) is 28.8 Å². The van der Waals surface area contributed by atoms with Crippen molar-refractivity contribution in [3.8, 4) is 11.5 Å². The van der Waals surface area contributed by atoms with E-state index in [0.717, 1.165) is 31.2 Å². The summed E-state index contributed by atoms with van der Waals surface area (Å²) in [4.78, 5) is 31.2. The molecule has 0 radical (unpaired) electrons. The van der Waals surface area contributed by atoms with E-state index in [4.69, 9.17) is 4.52 Å². The summed E-state index contributed by atoms with van der Waals surface area (Å²) in [7, 11) is 0. The molecule has 3 rings (SSSR count). The number of hydrogen-bond acceptors (Lipinski definition) is 5. The molecule has 2 N–H and O–H groups in total. The standard InChI is InChI=1S/C23H33N5O3/c1-5-16(6-2)22(29)28-13-11-19(12-14-28)25-23(30)24-18-9-7-17(8-10-18)21-26-20(15(3)4)27-31-21/h7-10,15-16,19H,5-6,11-14H2,1-4H3,(H2,24,25,30). The Morgan fingerprint density at radius 1 is 1.13 bits per heavy atom. The van der Waals surface area contributed by atoms with E-state index >= 15 is 0 Å². The maximum atomic E-state index is 12.5. The van der Waals surface area contributed by atoms with Crippen LogP contribution in [0.5, 0.6) is 0 Å². The topological polar surface area (TPSA) is 100 Å². The summed E-state index contributed by atoms with van der Waals surface area (Å²) in [5, 5.41) is 9.85. The van der Waals surface area contributed by atoms with Gasteiger partial charge in [0.05, 0.1) is 0 Å². The molecule has 31 heavy (non-hydrogen) atoms. The van der Waals surface area contributed by atoms with Crippen molar-refractivity contribution in [1.82, 2.24) is 20.4 Å². The lowest BCUT2D eigenvalue weighted by atomic mass is 9.98. The number of nitrogens with zero attached hydrogens (tertiary/aromatic N) is 3. The van der Waals surface area contributed by atoms with Gasteiger partial charge in [-0.2, -0.15) is 4.98 Å². The number of aromatic nitrogens is 2. The number of hydrogen-bond donors (Lipinski definition) is 2. The summed E-state index contributed by atoms with van der Waals surface area (Å²) in [5.74, 6) is 1.69. The average Bonchev–Trinajstić information content (AvgIpc) is 3.26. The van der Waals surface area contributed by atoms with Crippen molar-refractivity contribution in [2.45, 2.75) is 65.3 Å². The Morgan fingerprint density at radius 2 is 1.77 bits per heavy atom. The molecule has 1 fully saturated rings. The second kappa shape index (κ2) is 10.4. The number of amides is 3. The molecule has 0 atom stereocenters. The maximum Gasteiger partial charge on any atom is 0.319 e. The maximum absolute atomic E-state index is 12.5. The van der Waals surface area contributed by atoms with Crippen molar-refractivity contribution in [3.63, 3.8) is 0 Å². The quantitative estimate of drug-likeness (QED) is 0.682. The first-order valence-corrected chi connectivity index (χ1v) is 11.2. The first kappa shape index (κ1) is 22.8. The lowest BCUT2D eigenvalue weighted by Gasteiger charge is -2.34. The third kappa shape index (κ3) is 5.83. The number of likely N-dealkylation sites (tertiary alicyclic amines) is 1. The molecule has 2 aromatic rings. The van der Waals surface area contributed by atoms with E-state index in [1.165, 1.54) is 0 Å². The van der Waals surface area contributed by atoms with Crippen molar-refractivity contribution in [1.29, 1.82) is 0 Å². The number of piperidine rings is 1. The summed E-state index contributed by atoms with van der Waals surface area (Å²) in [6.45, 7) is 9.52. The van der Waals surface area contributed by atoms with E-state index in [9.17, 15) is 9.59 Å². The molecule has 1 aromatic carbocycles. The molecule has 0 unspecified atom stereocenters. The molecule has 1 aliphatic heterocycles. The van der Waals surface area contributed by atoms with Gasteiger partial charge in [-0.25, -0.2) is 4.79 Å². The summed E-state index contributed by atoms with van der Waals surface area (Å²) in [6, 6.07) is 7.14. The zero-order chi connectivity index (χ0) is 22.4. The van der Waals surface area contributed by atoms with E-state index in [1.54, 1.807) is 0 Å². The van der Waals surface area contributed by atoms with Crippen LogP contribution in [-0.4, -0.2) is 46.1 Å². The molecule has 3 amide bonds. The fraction of sp³-hybridized carbons (Fsp3) is 0.565. The van der Waals surface area contributed by atoms with Crippen molar-refractivity contribution < 1.29 is 14.1 Å². The lowest BCUT2D eigenvalue weighted by molar-refractivity contribution is -0.136. The van der Waals surface area contributed by atoms with Crippen LogP contribution in [0.25, 0.3) is 11.5 Å². The Balaban J connectivity index is 1.47. The van der Waals surface area contributed by atoms with Gasteiger partial charge in [-0.15, -0.1) is 0 Å². The summed E-state index contributed by atoms with van der Waals surface area (Å²) < 4.78 is 5.30. The summed E-state index contributed by atoms with van der Waals surface area (Å²) in [6.07, 6.45) is 3.29. The Bertz CT molecular complexity index is 866. The Labute approximate surface area is 183 Å². The third-order valence-corrected chi connectivity index (χ3v) is 5.82. The minimum atomic E-state index is -0.239. The SMILES string of the molecule is CCC(CC)C(=O)N1CCC(NC(=O)Nc2ccc(-c3nc(C(C)C)no3)cc2)CC1. The lowest BCUT2D eigenvalue weighted by Crippen LogP contribution is -2.48. The van der Waals surface area contributed by atoms with Gasteiger partial charge < -0.3 is 20.1 Å². The zero-order valence-corrected chi connectivity index (χ0v) is 18.9. The number of anilines is 1. The Morgan fingerprint density at radius 3 is 2.32 bits per heavy atom. The number of carbonyl (C=O) groups excluding carboxylic acids is 2. The van der Waals surface area contributed by atoms with Crippen LogP contribution in [0.3, 0.4) is 0 Å². The predicted octanol–water partition coefficient (Wildman–Crippen LogP) is 4.41. The molecule has 2 heterocycles. The highest BCUT2D eigenvalue weighted by Gasteiger charge is 2.27. The van der Waals surface area contributed by atoms with E-state index in [-0.39, 0.29) is 29.8 Å². The van der Waals surface area contributed by atoms with Gasteiger partial charge in [0.15, 0.2) is 5.82 Å². The van der Waals surface area contributed by atoms with Crippen LogP contribution in [0.4, 0.5) is 10.5 Å². The van der Waals surface area contributed by atoms with Gasteiger partial charge in [0, 0.05) is 42.2 Å². The molecule has 1 aliphatic rings. The smallest absolute Gasteiger partial charge is 0.319 e. The van der Waals surface area contributed by atoms with E-state index in [1.807, 2.05) is 43.0 Å². The molecular formula is C23H33N5O3. The molecule has 8 heteroatoms. The van der Waals surface area contributed by atoms with Gasteiger partial charge in [-0.1, -0.05) is 32.9 Å². The fourth-order valence-electron chi connectivity index (χ4n) is 3.78. The van der Waals surface area contributed by atoms with Gasteiger partial charge in [0.25, 0.3) is 5.89 Å². The van der Waals surface area contributed by atoms with Crippen LogP contribution in [0, 0.1) is 5.92 Å². The highest BCUT2D eigenvalue weighted by molar-refractivity contribution is 5.89.